The number of pyridine rings is 2. The van der Waals surface area contributed by atoms with Crippen LogP contribution in [-0.2, 0) is 6.54 Å². The van der Waals surface area contributed by atoms with Crippen molar-refractivity contribution in [3.8, 4) is 0 Å². The molecule has 0 bridgehead atoms. The fraction of sp³-hybridized carbons (Fsp3) is 0.353. The van der Waals surface area contributed by atoms with Crippen LogP contribution in [-0.4, -0.2) is 38.3 Å². The molecule has 0 unspecified atom stereocenters. The Balaban J connectivity index is 1.90. The van der Waals surface area contributed by atoms with Gasteiger partial charge in [0.1, 0.15) is 5.56 Å². The van der Waals surface area contributed by atoms with E-state index in [-0.39, 0.29) is 23.1 Å². The molecular weight excluding hydrogens is 310 g/mol. The zero-order chi connectivity index (χ0) is 16.2. The largest absolute Gasteiger partial charge is 0.329 e. The summed E-state index contributed by atoms with van der Waals surface area (Å²) in [7, 11) is 0. The molecule has 1 aliphatic rings. The topological polar surface area (TPSA) is 66.1 Å². The van der Waals surface area contributed by atoms with Crippen LogP contribution in [0.3, 0.4) is 0 Å². The Morgan fingerprint density at radius 1 is 1.39 bits per heavy atom. The highest BCUT2D eigenvalue weighted by Gasteiger charge is 2.29. The minimum absolute atomic E-state index is 0.148. The average Bonchev–Trinajstić information content (AvgIpc) is 3.07. The maximum absolute atomic E-state index is 12.9. The third kappa shape index (κ3) is 3.64. The number of hydrogen-bond acceptors (Lipinski definition) is 4. The standard InChI is InChI=1S/C17H19N3O2S/c1-12-5-6-15(16(21)19-12)17(22)20(14-7-9-23-11-14)10-13-4-2-3-8-18-13/h2-6,8,14H,7,9-11H2,1H3,(H,19,21)/t14-/m0/s1. The minimum atomic E-state index is -0.327. The Morgan fingerprint density at radius 2 is 2.26 bits per heavy atom. The maximum atomic E-state index is 12.9. The molecule has 120 valence electrons. The summed E-state index contributed by atoms with van der Waals surface area (Å²) < 4.78 is 0. The monoisotopic (exact) mass is 329 g/mol. The van der Waals surface area contributed by atoms with Crippen molar-refractivity contribution < 1.29 is 4.79 Å². The number of H-pyrrole nitrogens is 1. The van der Waals surface area contributed by atoms with Crippen molar-refractivity contribution in [2.24, 2.45) is 0 Å². The third-order valence-electron chi connectivity index (χ3n) is 3.95. The van der Waals surface area contributed by atoms with Gasteiger partial charge in [-0.25, -0.2) is 0 Å². The van der Waals surface area contributed by atoms with E-state index >= 15 is 0 Å². The predicted molar refractivity (Wildman–Crippen MR) is 91.6 cm³/mol. The van der Waals surface area contributed by atoms with E-state index in [2.05, 4.69) is 9.97 Å². The molecule has 5 nitrogen and oxygen atoms in total. The van der Waals surface area contributed by atoms with Gasteiger partial charge < -0.3 is 9.88 Å². The highest BCUT2D eigenvalue weighted by Crippen LogP contribution is 2.24. The zero-order valence-corrected chi connectivity index (χ0v) is 13.8. The van der Waals surface area contributed by atoms with Gasteiger partial charge in [0, 0.05) is 23.7 Å². The third-order valence-corrected chi connectivity index (χ3v) is 5.10. The Kier molecular flexibility index (Phi) is 4.81. The van der Waals surface area contributed by atoms with Crippen molar-refractivity contribution in [2.45, 2.75) is 25.9 Å². The summed E-state index contributed by atoms with van der Waals surface area (Å²) in [6.07, 6.45) is 2.67. The van der Waals surface area contributed by atoms with Gasteiger partial charge in [-0.2, -0.15) is 11.8 Å². The van der Waals surface area contributed by atoms with Crippen molar-refractivity contribution in [3.05, 3.63) is 63.8 Å². The van der Waals surface area contributed by atoms with Crippen molar-refractivity contribution >= 4 is 17.7 Å². The summed E-state index contributed by atoms with van der Waals surface area (Å²) in [6, 6.07) is 9.19. The summed E-state index contributed by atoms with van der Waals surface area (Å²) in [5, 5.41) is 0. The summed E-state index contributed by atoms with van der Waals surface area (Å²) in [5.41, 5.74) is 1.45. The van der Waals surface area contributed by atoms with E-state index in [1.807, 2.05) is 30.0 Å². The quantitative estimate of drug-likeness (QED) is 0.934. The second kappa shape index (κ2) is 7.00. The van der Waals surface area contributed by atoms with Crippen LogP contribution < -0.4 is 5.56 Å². The number of nitrogens with zero attached hydrogens (tertiary/aromatic N) is 2. The van der Waals surface area contributed by atoms with Gasteiger partial charge in [-0.05, 0) is 43.4 Å². The van der Waals surface area contributed by atoms with Crippen LogP contribution in [0.1, 0.15) is 28.2 Å². The number of hydrogen-bond donors (Lipinski definition) is 1. The lowest BCUT2D eigenvalue weighted by molar-refractivity contribution is 0.0676. The molecule has 3 rings (SSSR count). The Labute approximate surface area is 139 Å². The Morgan fingerprint density at radius 3 is 2.91 bits per heavy atom. The van der Waals surface area contributed by atoms with Gasteiger partial charge in [0.2, 0.25) is 0 Å². The molecular formula is C17H19N3O2S. The first-order valence-electron chi connectivity index (χ1n) is 7.63. The van der Waals surface area contributed by atoms with Crippen LogP contribution in [0.15, 0.2) is 41.3 Å². The molecule has 0 radical (unpaired) electrons. The highest BCUT2D eigenvalue weighted by atomic mass is 32.2. The fourth-order valence-electron chi connectivity index (χ4n) is 2.70. The van der Waals surface area contributed by atoms with Gasteiger partial charge >= 0.3 is 0 Å². The number of amides is 1. The summed E-state index contributed by atoms with van der Waals surface area (Å²) in [5.74, 6) is 1.73. The second-order valence-electron chi connectivity index (χ2n) is 5.66. The van der Waals surface area contributed by atoms with Crippen molar-refractivity contribution in [2.75, 3.05) is 11.5 Å². The number of carbonyl (C=O) groups is 1. The SMILES string of the molecule is Cc1ccc(C(=O)N(Cc2ccccn2)[C@H]2CCSC2)c(=O)[nH]1. The first-order valence-corrected chi connectivity index (χ1v) is 8.79. The van der Waals surface area contributed by atoms with Gasteiger partial charge in [-0.15, -0.1) is 0 Å². The summed E-state index contributed by atoms with van der Waals surface area (Å²) in [6.45, 7) is 2.23. The van der Waals surface area contributed by atoms with E-state index in [0.717, 1.165) is 29.3 Å². The van der Waals surface area contributed by atoms with E-state index in [9.17, 15) is 9.59 Å². The zero-order valence-electron chi connectivity index (χ0n) is 13.0. The van der Waals surface area contributed by atoms with Crippen LogP contribution in [0.2, 0.25) is 0 Å². The second-order valence-corrected chi connectivity index (χ2v) is 6.81. The number of thioether (sulfide) groups is 1. The molecule has 1 aliphatic heterocycles. The Hall–Kier alpha value is -2.08. The van der Waals surface area contributed by atoms with Crippen LogP contribution >= 0.6 is 11.8 Å². The number of aromatic amines is 1. The van der Waals surface area contributed by atoms with Crippen LogP contribution in [0.25, 0.3) is 0 Å². The smallest absolute Gasteiger partial charge is 0.260 e. The van der Waals surface area contributed by atoms with E-state index < -0.39 is 0 Å². The molecule has 1 N–H and O–H groups in total. The first-order chi connectivity index (χ1) is 11.1. The lowest BCUT2D eigenvalue weighted by atomic mass is 10.1. The molecule has 0 aromatic carbocycles. The number of nitrogens with one attached hydrogen (secondary N) is 1. The fourth-order valence-corrected chi connectivity index (χ4v) is 3.92. The molecule has 2 aromatic rings. The summed E-state index contributed by atoms with van der Waals surface area (Å²) >= 11 is 1.84. The van der Waals surface area contributed by atoms with Gasteiger partial charge in [-0.3, -0.25) is 14.6 Å². The Bertz CT molecular complexity index is 739. The molecule has 0 spiro atoms. The highest BCUT2D eigenvalue weighted by molar-refractivity contribution is 7.99. The predicted octanol–water partition coefficient (Wildman–Crippen LogP) is 2.23. The molecule has 23 heavy (non-hydrogen) atoms. The van der Waals surface area contributed by atoms with E-state index in [4.69, 9.17) is 0 Å². The van der Waals surface area contributed by atoms with Gasteiger partial charge in [0.25, 0.3) is 11.5 Å². The summed E-state index contributed by atoms with van der Waals surface area (Å²) in [4.78, 5) is 33.9. The molecule has 1 fully saturated rings. The molecule has 1 saturated heterocycles. The molecule has 0 saturated carbocycles. The van der Waals surface area contributed by atoms with Crippen molar-refractivity contribution in [1.29, 1.82) is 0 Å². The molecule has 3 heterocycles. The molecule has 1 atom stereocenters. The number of carbonyl (C=O) groups excluding carboxylic acids is 1. The van der Waals surface area contributed by atoms with Gasteiger partial charge in [0.05, 0.1) is 12.2 Å². The molecule has 6 heteroatoms. The number of rotatable bonds is 4. The van der Waals surface area contributed by atoms with E-state index in [0.29, 0.717) is 6.54 Å². The van der Waals surface area contributed by atoms with Crippen molar-refractivity contribution in [1.82, 2.24) is 14.9 Å². The first kappa shape index (κ1) is 15.8. The minimum Gasteiger partial charge on any atom is -0.329 e. The van der Waals surface area contributed by atoms with Crippen molar-refractivity contribution in [3.63, 3.8) is 0 Å². The van der Waals surface area contributed by atoms with E-state index in [1.54, 1.807) is 30.2 Å². The van der Waals surface area contributed by atoms with Gasteiger partial charge in [0.15, 0.2) is 0 Å². The number of aryl methyl sites for hydroxylation is 1. The lowest BCUT2D eigenvalue weighted by Crippen LogP contribution is -2.42. The number of aromatic nitrogens is 2. The van der Waals surface area contributed by atoms with Gasteiger partial charge in [-0.1, -0.05) is 6.07 Å². The molecule has 1 amide bonds. The normalized spacial score (nSPS) is 17.2. The maximum Gasteiger partial charge on any atom is 0.260 e. The van der Waals surface area contributed by atoms with Crippen LogP contribution in [0.4, 0.5) is 0 Å². The van der Waals surface area contributed by atoms with Crippen LogP contribution in [0.5, 0.6) is 0 Å². The van der Waals surface area contributed by atoms with E-state index in [1.165, 1.54) is 0 Å². The van der Waals surface area contributed by atoms with Crippen LogP contribution in [0, 0.1) is 6.92 Å². The molecule has 2 aromatic heterocycles. The molecule has 0 aliphatic carbocycles. The lowest BCUT2D eigenvalue weighted by Gasteiger charge is -2.28. The average molecular weight is 329 g/mol.